The van der Waals surface area contributed by atoms with Crippen LogP contribution < -0.4 is 9.80 Å². The molecule has 0 spiro atoms. The van der Waals surface area contributed by atoms with E-state index < -0.39 is 0 Å². The molecule has 4 heterocycles. The summed E-state index contributed by atoms with van der Waals surface area (Å²) < 4.78 is 7.20. The van der Waals surface area contributed by atoms with E-state index in [1.807, 2.05) is 55.4 Å². The van der Waals surface area contributed by atoms with Crippen molar-refractivity contribution in [2.75, 3.05) is 62.3 Å². The first kappa shape index (κ1) is 23.6. The summed E-state index contributed by atoms with van der Waals surface area (Å²) in [5.41, 5.74) is 4.92. The van der Waals surface area contributed by atoms with Crippen LogP contribution in [-0.4, -0.2) is 83.0 Å². The third-order valence-corrected chi connectivity index (χ3v) is 6.80. The number of aryl methyl sites for hydroxylation is 2. The van der Waals surface area contributed by atoms with Crippen LogP contribution in [0, 0.1) is 13.8 Å². The number of ether oxygens (including phenoxy) is 1. The Morgan fingerprint density at radius 1 is 0.971 bits per heavy atom. The maximum atomic E-state index is 12.9. The molecular weight excluding hydrogens is 466 g/mol. The minimum absolute atomic E-state index is 0.0966. The van der Waals surface area contributed by atoms with Crippen molar-refractivity contribution in [1.29, 1.82) is 0 Å². The van der Waals surface area contributed by atoms with Gasteiger partial charge in [-0.05, 0) is 38.1 Å². The molecule has 184 valence electrons. The Kier molecular flexibility index (Phi) is 6.88. The Hall–Kier alpha value is -3.17. The van der Waals surface area contributed by atoms with Gasteiger partial charge in [0, 0.05) is 79.2 Å². The molecular formula is C25H30ClN7O2. The highest BCUT2D eigenvalue weighted by Gasteiger charge is 2.24. The summed E-state index contributed by atoms with van der Waals surface area (Å²) in [6, 6.07) is 7.90. The van der Waals surface area contributed by atoms with E-state index in [9.17, 15) is 4.79 Å². The van der Waals surface area contributed by atoms with Gasteiger partial charge in [-0.25, -0.2) is 9.97 Å². The molecule has 9 nitrogen and oxygen atoms in total. The van der Waals surface area contributed by atoms with Crippen molar-refractivity contribution in [2.24, 2.45) is 0 Å². The van der Waals surface area contributed by atoms with E-state index in [2.05, 4.69) is 24.9 Å². The first-order valence-electron chi connectivity index (χ1n) is 12.0. The van der Waals surface area contributed by atoms with Gasteiger partial charge in [-0.1, -0.05) is 11.6 Å². The second-order valence-electron chi connectivity index (χ2n) is 8.99. The van der Waals surface area contributed by atoms with E-state index in [4.69, 9.17) is 16.3 Å². The van der Waals surface area contributed by atoms with E-state index in [0.717, 1.165) is 60.3 Å². The van der Waals surface area contributed by atoms with Gasteiger partial charge in [-0.3, -0.25) is 9.48 Å². The fourth-order valence-electron chi connectivity index (χ4n) is 4.66. The molecule has 0 radical (unpaired) electrons. The molecule has 35 heavy (non-hydrogen) atoms. The third-order valence-electron chi connectivity index (χ3n) is 6.56. The molecule has 2 fully saturated rings. The van der Waals surface area contributed by atoms with Gasteiger partial charge >= 0.3 is 0 Å². The summed E-state index contributed by atoms with van der Waals surface area (Å²) in [5, 5.41) is 5.09. The molecule has 1 amide bonds. The topological polar surface area (TPSA) is 79.6 Å². The van der Waals surface area contributed by atoms with Crippen LogP contribution in [0.15, 0.2) is 36.7 Å². The first-order valence-corrected chi connectivity index (χ1v) is 12.3. The molecule has 0 aliphatic carbocycles. The first-order chi connectivity index (χ1) is 17.0. The van der Waals surface area contributed by atoms with E-state index >= 15 is 0 Å². The zero-order chi connectivity index (χ0) is 24.4. The third kappa shape index (κ3) is 5.26. The predicted molar refractivity (Wildman–Crippen MR) is 136 cm³/mol. The van der Waals surface area contributed by atoms with E-state index in [1.54, 1.807) is 4.68 Å². The van der Waals surface area contributed by atoms with Crippen LogP contribution in [0.4, 0.5) is 11.6 Å². The number of amides is 1. The van der Waals surface area contributed by atoms with Gasteiger partial charge in [0.15, 0.2) is 0 Å². The molecule has 0 saturated carbocycles. The lowest BCUT2D eigenvalue weighted by molar-refractivity contribution is -0.132. The summed E-state index contributed by atoms with van der Waals surface area (Å²) in [6.07, 6.45) is 3.72. The molecule has 0 bridgehead atoms. The molecule has 0 N–H and O–H groups in total. The minimum atomic E-state index is 0.0966. The number of benzene rings is 1. The van der Waals surface area contributed by atoms with Crippen LogP contribution in [0.1, 0.15) is 11.4 Å². The Morgan fingerprint density at radius 3 is 2.34 bits per heavy atom. The number of morpholine rings is 1. The summed E-state index contributed by atoms with van der Waals surface area (Å²) in [5.74, 6) is 0.814. The fraction of sp³-hybridized carbons (Fsp3) is 0.440. The lowest BCUT2D eigenvalue weighted by atomic mass is 10.1. The van der Waals surface area contributed by atoms with Crippen molar-refractivity contribution >= 4 is 29.1 Å². The molecule has 1 aromatic carbocycles. The predicted octanol–water partition coefficient (Wildman–Crippen LogP) is 2.80. The van der Waals surface area contributed by atoms with E-state index in [1.165, 1.54) is 0 Å². The number of anilines is 2. The Bertz CT molecular complexity index is 1180. The van der Waals surface area contributed by atoms with Crippen molar-refractivity contribution < 1.29 is 9.53 Å². The Labute approximate surface area is 210 Å². The molecule has 2 aromatic heterocycles. The smallest absolute Gasteiger partial charge is 0.244 e. The second kappa shape index (κ2) is 10.2. The van der Waals surface area contributed by atoms with Crippen LogP contribution in [0.5, 0.6) is 0 Å². The van der Waals surface area contributed by atoms with Crippen LogP contribution >= 0.6 is 11.6 Å². The Balaban J connectivity index is 1.28. The van der Waals surface area contributed by atoms with Crippen molar-refractivity contribution in [1.82, 2.24) is 24.6 Å². The number of carbonyl (C=O) groups is 1. The fourth-order valence-corrected chi connectivity index (χ4v) is 4.83. The number of halogens is 1. The quantitative estimate of drug-likeness (QED) is 0.538. The van der Waals surface area contributed by atoms with Crippen LogP contribution in [0.3, 0.4) is 0 Å². The normalized spacial score (nSPS) is 16.6. The molecule has 2 saturated heterocycles. The highest BCUT2D eigenvalue weighted by molar-refractivity contribution is 6.31. The van der Waals surface area contributed by atoms with Crippen LogP contribution in [0.25, 0.3) is 11.1 Å². The maximum Gasteiger partial charge on any atom is 0.244 e. The molecule has 5 rings (SSSR count). The van der Waals surface area contributed by atoms with Gasteiger partial charge in [0.25, 0.3) is 0 Å². The molecule has 0 unspecified atom stereocenters. The average Bonchev–Trinajstić information content (AvgIpc) is 3.20. The van der Waals surface area contributed by atoms with Gasteiger partial charge < -0.3 is 19.4 Å². The van der Waals surface area contributed by atoms with Crippen molar-refractivity contribution in [3.05, 3.63) is 53.1 Å². The zero-order valence-electron chi connectivity index (χ0n) is 20.2. The number of hydrogen-bond donors (Lipinski definition) is 0. The maximum absolute atomic E-state index is 12.9. The molecule has 3 aromatic rings. The average molecular weight is 496 g/mol. The summed E-state index contributed by atoms with van der Waals surface area (Å²) in [4.78, 5) is 28.5. The minimum Gasteiger partial charge on any atom is -0.378 e. The highest BCUT2D eigenvalue weighted by atomic mass is 35.5. The van der Waals surface area contributed by atoms with Gasteiger partial charge in [0.2, 0.25) is 11.9 Å². The molecule has 10 heteroatoms. The summed E-state index contributed by atoms with van der Waals surface area (Å²) in [7, 11) is 0. The number of aromatic nitrogens is 4. The lowest BCUT2D eigenvalue weighted by Gasteiger charge is -2.37. The number of carbonyl (C=O) groups excluding carboxylic acids is 1. The summed E-state index contributed by atoms with van der Waals surface area (Å²) in [6.45, 7) is 9.97. The summed E-state index contributed by atoms with van der Waals surface area (Å²) >= 11 is 6.37. The SMILES string of the molecule is Cc1cc(C)n(CC(=O)N2CCN(c3ccc(Cl)cc3-c3cnc(N4CCOCC4)nc3)CC2)n1. The van der Waals surface area contributed by atoms with Crippen molar-refractivity contribution in [2.45, 2.75) is 20.4 Å². The van der Waals surface area contributed by atoms with Gasteiger partial charge in [0.05, 0.1) is 18.9 Å². The van der Waals surface area contributed by atoms with Gasteiger partial charge in [-0.2, -0.15) is 5.10 Å². The molecule has 0 atom stereocenters. The van der Waals surface area contributed by atoms with E-state index in [-0.39, 0.29) is 12.5 Å². The zero-order valence-corrected chi connectivity index (χ0v) is 20.9. The van der Waals surface area contributed by atoms with Crippen LogP contribution in [-0.2, 0) is 16.1 Å². The van der Waals surface area contributed by atoms with E-state index in [0.29, 0.717) is 31.3 Å². The number of nitrogens with zero attached hydrogens (tertiary/aromatic N) is 7. The standard InChI is InChI=1S/C25H30ClN7O2/c1-18-13-19(2)33(29-18)17-24(34)31-7-5-30(6-8-31)23-4-3-21(26)14-22(23)20-15-27-25(28-16-20)32-9-11-35-12-10-32/h3-4,13-16H,5-12,17H2,1-2H3. The number of hydrogen-bond acceptors (Lipinski definition) is 7. The lowest BCUT2D eigenvalue weighted by Crippen LogP contribution is -2.49. The van der Waals surface area contributed by atoms with Crippen molar-refractivity contribution in [3.8, 4) is 11.1 Å². The number of piperazine rings is 1. The van der Waals surface area contributed by atoms with Gasteiger partial charge in [-0.15, -0.1) is 0 Å². The van der Waals surface area contributed by atoms with Gasteiger partial charge in [0.1, 0.15) is 6.54 Å². The molecule has 2 aliphatic rings. The largest absolute Gasteiger partial charge is 0.378 e. The highest BCUT2D eigenvalue weighted by Crippen LogP contribution is 2.34. The monoisotopic (exact) mass is 495 g/mol. The van der Waals surface area contributed by atoms with Crippen molar-refractivity contribution in [3.63, 3.8) is 0 Å². The molecule has 2 aliphatic heterocycles. The van der Waals surface area contributed by atoms with Crippen LogP contribution in [0.2, 0.25) is 5.02 Å². The second-order valence-corrected chi connectivity index (χ2v) is 9.42. The number of rotatable bonds is 5. The Morgan fingerprint density at radius 2 is 1.69 bits per heavy atom.